The number of nitrogens with zero attached hydrogens (tertiary/aromatic N) is 1. The Bertz CT molecular complexity index is 545. The molecule has 1 aromatic carbocycles. The minimum Gasteiger partial charge on any atom is -0.443 e. The van der Waals surface area contributed by atoms with Crippen LogP contribution < -0.4 is 10.6 Å². The zero-order valence-electron chi connectivity index (χ0n) is 10.9. The van der Waals surface area contributed by atoms with Crippen molar-refractivity contribution in [1.82, 2.24) is 15.6 Å². The van der Waals surface area contributed by atoms with Crippen LogP contribution in [-0.4, -0.2) is 25.6 Å². The molecule has 96 valence electrons. The van der Waals surface area contributed by atoms with Gasteiger partial charge in [0, 0.05) is 18.0 Å². The first-order chi connectivity index (χ1) is 8.79. The summed E-state index contributed by atoms with van der Waals surface area (Å²) in [6, 6.07) is 6.68. The molecule has 4 heteroatoms. The van der Waals surface area contributed by atoms with Gasteiger partial charge in [0.15, 0.2) is 12.0 Å². The Morgan fingerprint density at radius 2 is 2.22 bits per heavy atom. The number of hydrogen-bond acceptors (Lipinski definition) is 4. The predicted octanol–water partition coefficient (Wildman–Crippen LogP) is 2.09. The van der Waals surface area contributed by atoms with Crippen LogP contribution in [0.1, 0.15) is 24.4 Å². The topological polar surface area (TPSA) is 50.1 Å². The van der Waals surface area contributed by atoms with E-state index in [1.54, 1.807) is 0 Å². The minimum absolute atomic E-state index is 0.358. The molecule has 0 amide bonds. The zero-order valence-corrected chi connectivity index (χ0v) is 10.9. The highest BCUT2D eigenvalue weighted by Crippen LogP contribution is 2.54. The summed E-state index contributed by atoms with van der Waals surface area (Å²) in [5.41, 5.74) is 3.44. The van der Waals surface area contributed by atoms with E-state index in [1.807, 2.05) is 20.2 Å². The van der Waals surface area contributed by atoms with E-state index in [2.05, 4.69) is 27.8 Å². The molecule has 2 N–H and O–H groups in total. The number of aromatic nitrogens is 1. The van der Waals surface area contributed by atoms with Crippen LogP contribution in [0.3, 0.4) is 0 Å². The van der Waals surface area contributed by atoms with Crippen LogP contribution in [0.15, 0.2) is 29.0 Å². The van der Waals surface area contributed by atoms with E-state index in [-0.39, 0.29) is 0 Å². The largest absolute Gasteiger partial charge is 0.443 e. The predicted molar refractivity (Wildman–Crippen MR) is 71.4 cm³/mol. The maximum Gasteiger partial charge on any atom is 0.181 e. The van der Waals surface area contributed by atoms with Gasteiger partial charge in [-0.15, -0.1) is 0 Å². The zero-order chi connectivity index (χ0) is 12.6. The Morgan fingerprint density at radius 3 is 2.89 bits per heavy atom. The Balaban J connectivity index is 1.95. The molecule has 1 aliphatic rings. The molecular weight excluding hydrogens is 226 g/mol. The Morgan fingerprint density at radius 1 is 1.39 bits per heavy atom. The third-order valence-corrected chi connectivity index (χ3v) is 4.01. The van der Waals surface area contributed by atoms with Gasteiger partial charge in [0.05, 0.1) is 0 Å². The van der Waals surface area contributed by atoms with Crippen molar-refractivity contribution in [3.8, 4) is 0 Å². The van der Waals surface area contributed by atoms with Crippen molar-refractivity contribution in [2.45, 2.75) is 18.9 Å². The maximum atomic E-state index is 5.39. The Kier molecular flexibility index (Phi) is 2.84. The van der Waals surface area contributed by atoms with Gasteiger partial charge in [-0.05, 0) is 44.6 Å². The molecule has 0 bridgehead atoms. The van der Waals surface area contributed by atoms with Crippen LogP contribution in [0.2, 0.25) is 0 Å². The monoisotopic (exact) mass is 245 g/mol. The smallest absolute Gasteiger partial charge is 0.181 e. The lowest BCUT2D eigenvalue weighted by Gasteiger charge is -2.27. The van der Waals surface area contributed by atoms with E-state index in [1.165, 1.54) is 24.8 Å². The van der Waals surface area contributed by atoms with Gasteiger partial charge in [-0.25, -0.2) is 4.98 Å². The van der Waals surface area contributed by atoms with Crippen LogP contribution in [0.25, 0.3) is 11.1 Å². The summed E-state index contributed by atoms with van der Waals surface area (Å²) in [7, 11) is 4.05. The second-order valence-corrected chi connectivity index (χ2v) is 5.19. The third-order valence-electron chi connectivity index (χ3n) is 4.01. The van der Waals surface area contributed by atoms with E-state index in [4.69, 9.17) is 4.42 Å². The number of oxazole rings is 1. The first kappa shape index (κ1) is 11.7. The van der Waals surface area contributed by atoms with Crippen molar-refractivity contribution in [1.29, 1.82) is 0 Å². The molecular formula is C14H19N3O. The van der Waals surface area contributed by atoms with E-state index in [0.29, 0.717) is 11.5 Å². The summed E-state index contributed by atoms with van der Waals surface area (Å²) in [6.45, 7) is 1.05. The molecule has 1 aromatic heterocycles. The molecule has 2 aromatic rings. The van der Waals surface area contributed by atoms with Crippen molar-refractivity contribution < 1.29 is 4.42 Å². The van der Waals surface area contributed by atoms with Crippen molar-refractivity contribution >= 4 is 11.1 Å². The second-order valence-electron chi connectivity index (χ2n) is 5.19. The second kappa shape index (κ2) is 4.37. The summed E-state index contributed by atoms with van der Waals surface area (Å²) < 4.78 is 5.39. The maximum absolute atomic E-state index is 5.39. The first-order valence-corrected chi connectivity index (χ1v) is 6.44. The van der Waals surface area contributed by atoms with Gasteiger partial charge in [0.2, 0.25) is 0 Å². The van der Waals surface area contributed by atoms with Crippen molar-refractivity contribution in [3.05, 3.63) is 30.2 Å². The van der Waals surface area contributed by atoms with Crippen molar-refractivity contribution in [3.63, 3.8) is 0 Å². The molecule has 18 heavy (non-hydrogen) atoms. The SMILES string of the molecule is CNCC1(C(NC)c2ccc3ncoc3c2)CC1. The van der Waals surface area contributed by atoms with Crippen molar-refractivity contribution in [2.24, 2.45) is 5.41 Å². The molecule has 1 unspecified atom stereocenters. The lowest BCUT2D eigenvalue weighted by molar-refractivity contribution is 0.347. The first-order valence-electron chi connectivity index (χ1n) is 6.44. The molecule has 0 saturated heterocycles. The average molecular weight is 245 g/mol. The molecule has 1 heterocycles. The fourth-order valence-electron chi connectivity index (χ4n) is 2.96. The van der Waals surface area contributed by atoms with E-state index in [0.717, 1.165) is 17.6 Å². The highest BCUT2D eigenvalue weighted by molar-refractivity contribution is 5.73. The van der Waals surface area contributed by atoms with Gasteiger partial charge in [0.25, 0.3) is 0 Å². The summed E-state index contributed by atoms with van der Waals surface area (Å²) in [6.07, 6.45) is 4.05. The van der Waals surface area contributed by atoms with E-state index >= 15 is 0 Å². The van der Waals surface area contributed by atoms with Gasteiger partial charge in [-0.3, -0.25) is 0 Å². The molecule has 1 atom stereocenters. The Hall–Kier alpha value is -1.39. The number of rotatable bonds is 5. The quantitative estimate of drug-likeness (QED) is 0.847. The minimum atomic E-state index is 0.358. The Labute approximate surface area is 107 Å². The molecule has 1 aliphatic carbocycles. The van der Waals surface area contributed by atoms with Gasteiger partial charge in [-0.2, -0.15) is 0 Å². The summed E-state index contributed by atoms with van der Waals surface area (Å²) in [5, 5.41) is 6.77. The van der Waals surface area contributed by atoms with Gasteiger partial charge in [0.1, 0.15) is 5.52 Å². The number of nitrogens with one attached hydrogen (secondary N) is 2. The number of fused-ring (bicyclic) bond motifs is 1. The summed E-state index contributed by atoms with van der Waals surface area (Å²) in [5.74, 6) is 0. The summed E-state index contributed by atoms with van der Waals surface area (Å²) in [4.78, 5) is 4.16. The lowest BCUT2D eigenvalue weighted by atomic mass is 9.90. The van der Waals surface area contributed by atoms with E-state index < -0.39 is 0 Å². The van der Waals surface area contributed by atoms with Crippen LogP contribution in [0, 0.1) is 5.41 Å². The highest BCUT2D eigenvalue weighted by atomic mass is 16.3. The molecule has 3 rings (SSSR count). The van der Waals surface area contributed by atoms with Crippen molar-refractivity contribution in [2.75, 3.05) is 20.6 Å². The van der Waals surface area contributed by atoms with Crippen LogP contribution in [0.4, 0.5) is 0 Å². The van der Waals surface area contributed by atoms with E-state index in [9.17, 15) is 0 Å². The average Bonchev–Trinajstić information content (AvgIpc) is 2.99. The summed E-state index contributed by atoms with van der Waals surface area (Å²) >= 11 is 0. The fourth-order valence-corrected chi connectivity index (χ4v) is 2.96. The molecule has 0 aliphatic heterocycles. The van der Waals surface area contributed by atoms with Crippen LogP contribution in [0.5, 0.6) is 0 Å². The normalized spacial score (nSPS) is 19.0. The standard InChI is InChI=1S/C14H19N3O/c1-15-8-14(5-6-14)13(16-2)10-3-4-11-12(7-10)18-9-17-11/h3-4,7,9,13,15-16H,5-6,8H2,1-2H3. The lowest BCUT2D eigenvalue weighted by Crippen LogP contribution is -2.33. The molecule has 1 saturated carbocycles. The molecule has 0 radical (unpaired) electrons. The van der Waals surface area contributed by atoms with Gasteiger partial charge < -0.3 is 15.1 Å². The fraction of sp³-hybridized carbons (Fsp3) is 0.500. The molecule has 0 spiro atoms. The molecule has 4 nitrogen and oxygen atoms in total. The highest BCUT2D eigenvalue weighted by Gasteiger charge is 2.48. The van der Waals surface area contributed by atoms with Gasteiger partial charge >= 0.3 is 0 Å². The molecule has 1 fully saturated rings. The van der Waals surface area contributed by atoms with Crippen LogP contribution >= 0.6 is 0 Å². The number of hydrogen-bond donors (Lipinski definition) is 2. The third kappa shape index (κ3) is 1.82. The van der Waals surface area contributed by atoms with Gasteiger partial charge in [-0.1, -0.05) is 6.07 Å². The van der Waals surface area contributed by atoms with Crippen LogP contribution in [-0.2, 0) is 0 Å². The number of benzene rings is 1.